The first kappa shape index (κ1) is 14.4. The molecular weight excluding hydrogens is 304 g/mol. The third-order valence-electron chi connectivity index (χ3n) is 4.33. The maximum atomic E-state index is 12.7. The van der Waals surface area contributed by atoms with Crippen molar-refractivity contribution < 1.29 is 0 Å². The number of fused-ring (bicyclic) bond motifs is 2. The second-order valence-corrected chi connectivity index (χ2v) is 7.13. The zero-order valence-corrected chi connectivity index (χ0v) is 14.1. The van der Waals surface area contributed by atoms with Gasteiger partial charge in [-0.2, -0.15) is 0 Å². The van der Waals surface area contributed by atoms with Crippen LogP contribution in [-0.4, -0.2) is 9.55 Å². The molecule has 1 aromatic carbocycles. The second kappa shape index (κ2) is 5.46. The van der Waals surface area contributed by atoms with E-state index in [0.29, 0.717) is 0 Å². The fourth-order valence-electron chi connectivity index (χ4n) is 3.13. The molecule has 1 aliphatic rings. The highest BCUT2D eigenvalue weighted by molar-refractivity contribution is 7.18. The van der Waals surface area contributed by atoms with Crippen LogP contribution >= 0.6 is 11.3 Å². The Labute approximate surface area is 138 Å². The average molecular weight is 322 g/mol. The molecule has 0 fully saturated rings. The minimum atomic E-state index is 0.105. The lowest BCUT2D eigenvalue weighted by atomic mass is 10.1. The lowest BCUT2D eigenvalue weighted by Crippen LogP contribution is -2.19. The molecule has 0 N–H and O–H groups in total. The number of benzene rings is 1. The summed E-state index contributed by atoms with van der Waals surface area (Å²) in [6.45, 7) is 4.93. The van der Waals surface area contributed by atoms with Gasteiger partial charge in [-0.3, -0.25) is 9.36 Å². The molecule has 1 aliphatic heterocycles. The van der Waals surface area contributed by atoms with Crippen LogP contribution in [0.3, 0.4) is 0 Å². The SMILES string of the molecule is CCc1cc2c(=O)n3c(nc2s1)/C(=C/c1cccc(C)c1)CC3. The van der Waals surface area contributed by atoms with Crippen molar-refractivity contribution >= 4 is 33.2 Å². The minimum absolute atomic E-state index is 0.105. The molecule has 3 aromatic rings. The number of nitrogens with zero attached hydrogens (tertiary/aromatic N) is 2. The number of aryl methyl sites for hydroxylation is 2. The summed E-state index contributed by atoms with van der Waals surface area (Å²) < 4.78 is 1.83. The van der Waals surface area contributed by atoms with Crippen LogP contribution < -0.4 is 5.56 Å². The number of aromatic nitrogens is 2. The number of allylic oxidation sites excluding steroid dienone is 1. The molecule has 4 rings (SSSR count). The van der Waals surface area contributed by atoms with E-state index in [1.165, 1.54) is 16.0 Å². The van der Waals surface area contributed by atoms with Gasteiger partial charge in [-0.15, -0.1) is 11.3 Å². The van der Waals surface area contributed by atoms with Crippen molar-refractivity contribution in [2.24, 2.45) is 0 Å². The van der Waals surface area contributed by atoms with Gasteiger partial charge in [-0.25, -0.2) is 4.98 Å². The fourth-order valence-corrected chi connectivity index (χ4v) is 4.09. The molecule has 0 saturated heterocycles. The monoisotopic (exact) mass is 322 g/mol. The van der Waals surface area contributed by atoms with E-state index in [1.54, 1.807) is 11.3 Å². The molecule has 0 spiro atoms. The zero-order chi connectivity index (χ0) is 16.0. The topological polar surface area (TPSA) is 34.9 Å². The average Bonchev–Trinajstić information content (AvgIpc) is 3.13. The number of thiophene rings is 1. The molecule has 2 aromatic heterocycles. The Bertz CT molecular complexity index is 994. The molecule has 0 amide bonds. The normalized spacial score (nSPS) is 15.5. The van der Waals surface area contributed by atoms with Gasteiger partial charge in [-0.1, -0.05) is 36.8 Å². The van der Waals surface area contributed by atoms with Gasteiger partial charge >= 0.3 is 0 Å². The Morgan fingerprint density at radius 2 is 2.22 bits per heavy atom. The van der Waals surface area contributed by atoms with Crippen molar-refractivity contribution in [2.45, 2.75) is 33.2 Å². The number of hydrogen-bond donors (Lipinski definition) is 0. The van der Waals surface area contributed by atoms with Gasteiger partial charge in [0.1, 0.15) is 10.7 Å². The van der Waals surface area contributed by atoms with E-state index < -0.39 is 0 Å². The summed E-state index contributed by atoms with van der Waals surface area (Å²) in [5.41, 5.74) is 3.67. The van der Waals surface area contributed by atoms with Crippen molar-refractivity contribution in [3.8, 4) is 0 Å². The highest BCUT2D eigenvalue weighted by Crippen LogP contribution is 2.30. The van der Waals surface area contributed by atoms with E-state index in [4.69, 9.17) is 4.98 Å². The van der Waals surface area contributed by atoms with Crippen molar-refractivity contribution in [2.75, 3.05) is 0 Å². The molecule has 4 heteroatoms. The second-order valence-electron chi connectivity index (χ2n) is 6.01. The Morgan fingerprint density at radius 1 is 1.35 bits per heavy atom. The summed E-state index contributed by atoms with van der Waals surface area (Å²) in [4.78, 5) is 19.6. The van der Waals surface area contributed by atoms with Gasteiger partial charge in [0.2, 0.25) is 0 Å². The van der Waals surface area contributed by atoms with Gasteiger partial charge in [0.15, 0.2) is 0 Å². The Hall–Kier alpha value is -2.20. The van der Waals surface area contributed by atoms with Crippen LogP contribution in [0.2, 0.25) is 0 Å². The largest absolute Gasteiger partial charge is 0.292 e. The summed E-state index contributed by atoms with van der Waals surface area (Å²) in [5.74, 6) is 0.841. The van der Waals surface area contributed by atoms with Crippen molar-refractivity contribution in [1.82, 2.24) is 9.55 Å². The Kier molecular flexibility index (Phi) is 3.42. The fraction of sp³-hybridized carbons (Fsp3) is 0.263. The molecule has 3 heterocycles. The summed E-state index contributed by atoms with van der Waals surface area (Å²) in [6.07, 6.45) is 3.98. The van der Waals surface area contributed by atoms with Gasteiger partial charge in [0.25, 0.3) is 5.56 Å². The third kappa shape index (κ3) is 2.43. The molecule has 0 aliphatic carbocycles. The quantitative estimate of drug-likeness (QED) is 0.706. The molecule has 0 bridgehead atoms. The van der Waals surface area contributed by atoms with Crippen molar-refractivity contribution in [1.29, 1.82) is 0 Å². The first-order chi connectivity index (χ1) is 11.2. The molecule has 0 unspecified atom stereocenters. The van der Waals surface area contributed by atoms with Gasteiger partial charge in [0.05, 0.1) is 5.39 Å². The van der Waals surface area contributed by atoms with Crippen LogP contribution in [0.1, 0.15) is 35.2 Å². The van der Waals surface area contributed by atoms with Gasteiger partial charge < -0.3 is 0 Å². The van der Waals surface area contributed by atoms with E-state index in [1.807, 2.05) is 10.6 Å². The lowest BCUT2D eigenvalue weighted by molar-refractivity contribution is 0.726. The first-order valence-electron chi connectivity index (χ1n) is 7.96. The van der Waals surface area contributed by atoms with Crippen LogP contribution in [0.25, 0.3) is 21.9 Å². The van der Waals surface area contributed by atoms with Gasteiger partial charge in [-0.05, 0) is 43.0 Å². The van der Waals surface area contributed by atoms with Crippen molar-refractivity contribution in [3.63, 3.8) is 0 Å². The van der Waals surface area contributed by atoms with Crippen LogP contribution in [0, 0.1) is 6.92 Å². The third-order valence-corrected chi connectivity index (χ3v) is 5.50. The van der Waals surface area contributed by atoms with E-state index in [9.17, 15) is 4.79 Å². The number of rotatable bonds is 2. The maximum absolute atomic E-state index is 12.7. The molecule has 0 saturated carbocycles. The Morgan fingerprint density at radius 3 is 3.00 bits per heavy atom. The van der Waals surface area contributed by atoms with Crippen LogP contribution in [0.5, 0.6) is 0 Å². The van der Waals surface area contributed by atoms with Crippen LogP contribution in [-0.2, 0) is 13.0 Å². The molecular formula is C19H18N2OS. The smallest absolute Gasteiger partial charge is 0.262 e. The summed E-state index contributed by atoms with van der Waals surface area (Å²) in [5, 5.41) is 0.771. The zero-order valence-electron chi connectivity index (χ0n) is 13.3. The standard InChI is InChI=1S/C19H18N2OS/c1-3-15-11-16-18(23-15)20-17-14(7-8-21(17)19(16)22)10-13-6-4-5-12(2)9-13/h4-6,9-11H,3,7-8H2,1-2H3/b14-10+. The van der Waals surface area contributed by atoms with Gasteiger partial charge in [0, 0.05) is 11.4 Å². The van der Waals surface area contributed by atoms with E-state index in [-0.39, 0.29) is 5.56 Å². The minimum Gasteiger partial charge on any atom is -0.292 e. The molecule has 0 radical (unpaired) electrons. The predicted molar refractivity (Wildman–Crippen MR) is 96.9 cm³/mol. The molecule has 3 nitrogen and oxygen atoms in total. The lowest BCUT2D eigenvalue weighted by Gasteiger charge is -2.03. The molecule has 0 atom stereocenters. The van der Waals surface area contributed by atoms with Crippen molar-refractivity contribution in [3.05, 3.63) is 62.5 Å². The van der Waals surface area contributed by atoms with E-state index in [2.05, 4.69) is 44.2 Å². The summed E-state index contributed by atoms with van der Waals surface area (Å²) in [7, 11) is 0. The summed E-state index contributed by atoms with van der Waals surface area (Å²) >= 11 is 1.64. The van der Waals surface area contributed by atoms with E-state index in [0.717, 1.165) is 41.0 Å². The van der Waals surface area contributed by atoms with Crippen LogP contribution in [0.4, 0.5) is 0 Å². The molecule has 116 valence electrons. The maximum Gasteiger partial charge on any atom is 0.262 e. The van der Waals surface area contributed by atoms with E-state index >= 15 is 0 Å². The predicted octanol–water partition coefficient (Wildman–Crippen LogP) is 4.27. The highest BCUT2D eigenvalue weighted by atomic mass is 32.1. The number of hydrogen-bond acceptors (Lipinski definition) is 3. The first-order valence-corrected chi connectivity index (χ1v) is 8.78. The van der Waals surface area contributed by atoms with Crippen LogP contribution in [0.15, 0.2) is 35.1 Å². The summed E-state index contributed by atoms with van der Waals surface area (Å²) in [6, 6.07) is 10.4. The molecule has 23 heavy (non-hydrogen) atoms. The Balaban J connectivity index is 1.88. The highest BCUT2D eigenvalue weighted by Gasteiger charge is 2.21.